The van der Waals surface area contributed by atoms with Crippen molar-refractivity contribution in [3.63, 3.8) is 0 Å². The van der Waals surface area contributed by atoms with E-state index in [2.05, 4.69) is 27.7 Å². The standard InChI is InChI=1S/C20H31N3O/c24-20(22-11-1-2-12-23-13-3-4-14-23)18-8-5-7-17(15-18)19-9-6-10-21-16-19/h5,7-8,15,19,21H,1-4,6,9-14,16H2,(H,22,24)/t19-/m1/s1. The summed E-state index contributed by atoms with van der Waals surface area (Å²) in [5, 5.41) is 6.53. The molecular weight excluding hydrogens is 298 g/mol. The molecule has 0 saturated carbocycles. The van der Waals surface area contributed by atoms with Crippen molar-refractivity contribution < 1.29 is 4.79 Å². The van der Waals surface area contributed by atoms with E-state index in [1.165, 1.54) is 57.3 Å². The molecule has 0 bridgehead atoms. The van der Waals surface area contributed by atoms with Gasteiger partial charge in [-0.1, -0.05) is 12.1 Å². The van der Waals surface area contributed by atoms with Crippen LogP contribution in [0.4, 0.5) is 0 Å². The van der Waals surface area contributed by atoms with Crippen molar-refractivity contribution >= 4 is 5.91 Å². The molecule has 1 aromatic carbocycles. The number of nitrogens with zero attached hydrogens (tertiary/aromatic N) is 1. The van der Waals surface area contributed by atoms with Gasteiger partial charge in [-0.2, -0.15) is 0 Å². The minimum Gasteiger partial charge on any atom is -0.352 e. The van der Waals surface area contributed by atoms with Crippen molar-refractivity contribution in [1.82, 2.24) is 15.5 Å². The third-order valence-corrected chi connectivity index (χ3v) is 5.30. The van der Waals surface area contributed by atoms with Crippen molar-refractivity contribution in [1.29, 1.82) is 0 Å². The van der Waals surface area contributed by atoms with Gasteiger partial charge in [0.25, 0.3) is 5.91 Å². The number of rotatable bonds is 7. The summed E-state index contributed by atoms with van der Waals surface area (Å²) in [4.78, 5) is 14.9. The number of piperidine rings is 1. The second-order valence-corrected chi connectivity index (χ2v) is 7.18. The first-order valence-electron chi connectivity index (χ1n) is 9.64. The first-order chi connectivity index (χ1) is 11.8. The molecule has 2 saturated heterocycles. The molecule has 2 fully saturated rings. The summed E-state index contributed by atoms with van der Waals surface area (Å²) >= 11 is 0. The zero-order chi connectivity index (χ0) is 16.6. The maximum atomic E-state index is 12.4. The van der Waals surface area contributed by atoms with Crippen LogP contribution in [0.15, 0.2) is 24.3 Å². The second kappa shape index (κ2) is 9.19. The van der Waals surface area contributed by atoms with E-state index < -0.39 is 0 Å². The van der Waals surface area contributed by atoms with Crippen LogP contribution >= 0.6 is 0 Å². The van der Waals surface area contributed by atoms with Crippen LogP contribution in [0.1, 0.15) is 60.4 Å². The van der Waals surface area contributed by atoms with Crippen LogP contribution < -0.4 is 10.6 Å². The normalized spacial score (nSPS) is 21.8. The van der Waals surface area contributed by atoms with Crippen LogP contribution in [0.25, 0.3) is 0 Å². The van der Waals surface area contributed by atoms with Crippen molar-refractivity contribution in [2.75, 3.05) is 39.3 Å². The number of hydrogen-bond donors (Lipinski definition) is 2. The number of unbranched alkanes of at least 4 members (excludes halogenated alkanes) is 1. The molecule has 24 heavy (non-hydrogen) atoms. The molecule has 4 nitrogen and oxygen atoms in total. The minimum atomic E-state index is 0.0711. The number of carbonyl (C=O) groups excluding carboxylic acids is 1. The molecule has 0 aromatic heterocycles. The fraction of sp³-hybridized carbons (Fsp3) is 0.650. The molecule has 4 heteroatoms. The van der Waals surface area contributed by atoms with Gasteiger partial charge in [-0.25, -0.2) is 0 Å². The predicted molar refractivity (Wildman–Crippen MR) is 98.5 cm³/mol. The highest BCUT2D eigenvalue weighted by Gasteiger charge is 2.16. The quantitative estimate of drug-likeness (QED) is 0.756. The summed E-state index contributed by atoms with van der Waals surface area (Å²) in [5.74, 6) is 0.619. The van der Waals surface area contributed by atoms with Crippen LogP contribution in [0.3, 0.4) is 0 Å². The van der Waals surface area contributed by atoms with E-state index in [-0.39, 0.29) is 5.91 Å². The van der Waals surface area contributed by atoms with Crippen molar-refractivity contribution in [3.05, 3.63) is 35.4 Å². The van der Waals surface area contributed by atoms with Crippen molar-refractivity contribution in [2.24, 2.45) is 0 Å². The fourth-order valence-corrected chi connectivity index (χ4v) is 3.84. The molecule has 1 amide bonds. The molecule has 1 atom stereocenters. The van der Waals surface area contributed by atoms with E-state index in [0.717, 1.165) is 31.6 Å². The molecule has 0 aliphatic carbocycles. The molecule has 2 aliphatic rings. The largest absolute Gasteiger partial charge is 0.352 e. The monoisotopic (exact) mass is 329 g/mol. The summed E-state index contributed by atoms with van der Waals surface area (Å²) in [6.07, 6.45) is 7.38. The number of nitrogens with one attached hydrogen (secondary N) is 2. The third kappa shape index (κ3) is 5.05. The lowest BCUT2D eigenvalue weighted by Crippen LogP contribution is -2.29. The Balaban J connectivity index is 1.41. The summed E-state index contributed by atoms with van der Waals surface area (Å²) in [5.41, 5.74) is 2.10. The zero-order valence-electron chi connectivity index (χ0n) is 14.7. The molecular formula is C20H31N3O. The molecule has 2 aliphatic heterocycles. The highest BCUT2D eigenvalue weighted by Crippen LogP contribution is 2.23. The van der Waals surface area contributed by atoms with Gasteiger partial charge in [-0.3, -0.25) is 4.79 Å². The molecule has 2 N–H and O–H groups in total. The number of carbonyl (C=O) groups is 1. The zero-order valence-corrected chi connectivity index (χ0v) is 14.7. The van der Waals surface area contributed by atoms with E-state index in [1.807, 2.05) is 12.1 Å². The summed E-state index contributed by atoms with van der Waals surface area (Å²) in [6.45, 7) is 6.63. The summed E-state index contributed by atoms with van der Waals surface area (Å²) < 4.78 is 0. The lowest BCUT2D eigenvalue weighted by atomic mass is 9.90. The number of amides is 1. The minimum absolute atomic E-state index is 0.0711. The number of hydrogen-bond acceptors (Lipinski definition) is 3. The number of likely N-dealkylation sites (tertiary alicyclic amines) is 1. The van der Waals surface area contributed by atoms with Gasteiger partial charge in [0, 0.05) is 18.7 Å². The maximum absolute atomic E-state index is 12.4. The first-order valence-corrected chi connectivity index (χ1v) is 9.64. The van der Waals surface area contributed by atoms with E-state index in [4.69, 9.17) is 0 Å². The Morgan fingerprint density at radius 1 is 1.21 bits per heavy atom. The van der Waals surface area contributed by atoms with Gasteiger partial charge in [-0.05, 0) is 88.3 Å². The number of benzene rings is 1. The molecule has 2 heterocycles. The molecule has 0 spiro atoms. The average molecular weight is 329 g/mol. The molecule has 3 rings (SSSR count). The van der Waals surface area contributed by atoms with E-state index in [9.17, 15) is 4.79 Å². The summed E-state index contributed by atoms with van der Waals surface area (Å²) in [7, 11) is 0. The maximum Gasteiger partial charge on any atom is 0.251 e. The van der Waals surface area contributed by atoms with Gasteiger partial charge in [0.2, 0.25) is 0 Å². The highest BCUT2D eigenvalue weighted by atomic mass is 16.1. The molecule has 1 aromatic rings. The van der Waals surface area contributed by atoms with Crippen molar-refractivity contribution in [2.45, 2.75) is 44.4 Å². The fourth-order valence-electron chi connectivity index (χ4n) is 3.84. The Bertz CT molecular complexity index is 519. The second-order valence-electron chi connectivity index (χ2n) is 7.18. The lowest BCUT2D eigenvalue weighted by molar-refractivity contribution is 0.0952. The van der Waals surface area contributed by atoms with Gasteiger partial charge in [0.05, 0.1) is 0 Å². The van der Waals surface area contributed by atoms with Gasteiger partial charge in [0.1, 0.15) is 0 Å². The van der Waals surface area contributed by atoms with Crippen LogP contribution in [-0.2, 0) is 0 Å². The topological polar surface area (TPSA) is 44.4 Å². The Hall–Kier alpha value is -1.39. The third-order valence-electron chi connectivity index (χ3n) is 5.30. The van der Waals surface area contributed by atoms with Gasteiger partial charge < -0.3 is 15.5 Å². The lowest BCUT2D eigenvalue weighted by Gasteiger charge is -2.23. The van der Waals surface area contributed by atoms with E-state index in [1.54, 1.807) is 0 Å². The van der Waals surface area contributed by atoms with Crippen LogP contribution in [-0.4, -0.2) is 50.1 Å². The predicted octanol–water partition coefficient (Wildman–Crippen LogP) is 2.76. The Morgan fingerprint density at radius 2 is 2.08 bits per heavy atom. The Labute approximate surface area is 146 Å². The Kier molecular flexibility index (Phi) is 6.67. The molecule has 0 radical (unpaired) electrons. The summed E-state index contributed by atoms with van der Waals surface area (Å²) in [6, 6.07) is 8.19. The van der Waals surface area contributed by atoms with Gasteiger partial charge in [-0.15, -0.1) is 0 Å². The molecule has 132 valence electrons. The Morgan fingerprint density at radius 3 is 2.88 bits per heavy atom. The van der Waals surface area contributed by atoms with Crippen LogP contribution in [0.2, 0.25) is 0 Å². The van der Waals surface area contributed by atoms with Crippen LogP contribution in [0.5, 0.6) is 0 Å². The molecule has 0 unspecified atom stereocenters. The van der Waals surface area contributed by atoms with Gasteiger partial charge in [0.15, 0.2) is 0 Å². The smallest absolute Gasteiger partial charge is 0.251 e. The van der Waals surface area contributed by atoms with Gasteiger partial charge >= 0.3 is 0 Å². The van der Waals surface area contributed by atoms with E-state index >= 15 is 0 Å². The average Bonchev–Trinajstić information content (AvgIpc) is 3.15. The van der Waals surface area contributed by atoms with Crippen molar-refractivity contribution in [3.8, 4) is 0 Å². The first kappa shape index (κ1) is 17.4. The van der Waals surface area contributed by atoms with E-state index in [0.29, 0.717) is 5.92 Å². The highest BCUT2D eigenvalue weighted by molar-refractivity contribution is 5.94. The van der Waals surface area contributed by atoms with Crippen LogP contribution in [0, 0.1) is 0 Å². The SMILES string of the molecule is O=C(NCCCCN1CCCC1)c1cccc([C@@H]2CCCNC2)c1.